The molecule has 4 heteroatoms. The molecule has 3 saturated carbocycles. The van der Waals surface area contributed by atoms with E-state index < -0.39 is 22.9 Å². The summed E-state index contributed by atoms with van der Waals surface area (Å²) in [6.45, 7) is 25.0. The van der Waals surface area contributed by atoms with Gasteiger partial charge in [-0.25, -0.2) is 0 Å². The Morgan fingerprint density at radius 3 is 1.52 bits per heavy atom. The van der Waals surface area contributed by atoms with Crippen LogP contribution in [0.15, 0.2) is 133 Å². The van der Waals surface area contributed by atoms with Crippen LogP contribution < -0.4 is 20.7 Å². The molecule has 4 aliphatic rings. The molecule has 0 radical (unpaired) electrons. The highest BCUT2D eigenvalue weighted by Gasteiger charge is 2.60. The summed E-state index contributed by atoms with van der Waals surface area (Å²) in [4.78, 5) is 0. The quantitative estimate of drug-likeness (QED) is 0.0714. The van der Waals surface area contributed by atoms with Crippen LogP contribution in [0.2, 0.25) is 10.1 Å². The number of hydrogen-bond acceptors (Lipinski definition) is 2. The second-order valence-electron chi connectivity index (χ2n) is 23.5. The molecule has 338 valence electrons. The number of rotatable bonds is 14. The fourth-order valence-corrected chi connectivity index (χ4v) is 24.1. The summed E-state index contributed by atoms with van der Waals surface area (Å²) < 4.78 is 16.4. The van der Waals surface area contributed by atoms with Gasteiger partial charge in [-0.1, -0.05) is 221 Å². The third-order valence-corrected chi connectivity index (χ3v) is 28.0. The summed E-state index contributed by atoms with van der Waals surface area (Å²) in [7, 11) is -5.97. The lowest BCUT2D eigenvalue weighted by Crippen LogP contribution is -2.72. The van der Waals surface area contributed by atoms with Gasteiger partial charge in [-0.2, -0.15) is 0 Å². The summed E-state index contributed by atoms with van der Waals surface area (Å²) in [6.07, 6.45) is 18.7. The maximum absolute atomic E-state index is 8.22. The molecule has 2 nitrogen and oxygen atoms in total. The van der Waals surface area contributed by atoms with Crippen LogP contribution >= 0.6 is 0 Å². The lowest BCUT2D eigenvalue weighted by Gasteiger charge is -2.58. The smallest absolute Gasteiger partial charge is 0.264 e. The maximum atomic E-state index is 8.22. The summed E-state index contributed by atoms with van der Waals surface area (Å²) >= 11 is 0. The molecule has 4 aromatic carbocycles. The first kappa shape index (κ1) is 46.5. The van der Waals surface area contributed by atoms with Crippen molar-refractivity contribution in [3.05, 3.63) is 133 Å². The molecule has 0 amide bonds. The average Bonchev–Trinajstić information content (AvgIpc) is 3.64. The first-order valence-electron chi connectivity index (χ1n) is 25.3. The Kier molecular flexibility index (Phi) is 13.5. The number of allylic oxidation sites excluding steroid dienone is 2. The summed E-state index contributed by atoms with van der Waals surface area (Å²) in [5, 5.41) is 4.88. The Morgan fingerprint density at radius 1 is 0.587 bits per heavy atom. The predicted octanol–water partition coefficient (Wildman–Crippen LogP) is 13.9. The molecule has 0 saturated heterocycles. The largest absolute Gasteiger partial charge is 0.383 e. The minimum Gasteiger partial charge on any atom is -0.383 e. The van der Waals surface area contributed by atoms with Crippen molar-refractivity contribution in [2.75, 3.05) is 0 Å². The minimum absolute atomic E-state index is 0.172. The van der Waals surface area contributed by atoms with Crippen LogP contribution in [0.5, 0.6) is 0 Å². The van der Waals surface area contributed by atoms with Crippen LogP contribution in [0, 0.1) is 46.3 Å². The molecule has 4 aliphatic carbocycles. The van der Waals surface area contributed by atoms with Gasteiger partial charge in [0.15, 0.2) is 0 Å². The standard InChI is InChI=1S/C59H82O2Si2/c1-44(52-39-40-53-51-38-37-46-28-23-24-42-58(46,9)54(51)41-43-59(52,53)10)26-25-27-45(2)55(60-62(56(3,4)5,47-29-15-11-16-30-47)48-31-17-12-18-32-48)61-63(57(6,7)8,49-33-19-13-20-34-49)50-35-21-14-22-36-50/h11-22,29-37,44-45,51-55H,23-28,38-43H2,1-10H3/t44-,45?,51+,52-,53+,54+,58+,59-/m1/s1. The molecule has 8 atom stereocenters. The Labute approximate surface area is 386 Å². The van der Waals surface area contributed by atoms with E-state index in [0.29, 0.717) is 10.8 Å². The maximum Gasteiger partial charge on any atom is 0.264 e. The van der Waals surface area contributed by atoms with Crippen molar-refractivity contribution in [3.8, 4) is 0 Å². The van der Waals surface area contributed by atoms with Gasteiger partial charge in [0.1, 0.15) is 6.29 Å². The number of fused-ring (bicyclic) bond motifs is 5. The molecule has 0 N–H and O–H groups in total. The topological polar surface area (TPSA) is 18.5 Å². The monoisotopic (exact) mass is 879 g/mol. The van der Waals surface area contributed by atoms with Gasteiger partial charge in [0, 0.05) is 5.92 Å². The van der Waals surface area contributed by atoms with Gasteiger partial charge in [0.2, 0.25) is 0 Å². The Morgan fingerprint density at radius 2 is 1.06 bits per heavy atom. The summed E-state index contributed by atoms with van der Waals surface area (Å²) in [6, 6.07) is 44.9. The van der Waals surface area contributed by atoms with Crippen LogP contribution in [0.25, 0.3) is 0 Å². The fourth-order valence-electron chi connectivity index (χ4n) is 14.8. The minimum atomic E-state index is -2.99. The highest BCUT2D eigenvalue weighted by Crippen LogP contribution is 2.67. The van der Waals surface area contributed by atoms with E-state index in [9.17, 15) is 0 Å². The normalized spacial score (nSPS) is 27.5. The van der Waals surface area contributed by atoms with Crippen molar-refractivity contribution in [1.82, 2.24) is 0 Å². The highest BCUT2D eigenvalue weighted by atomic mass is 28.4. The number of benzene rings is 4. The zero-order valence-electron chi connectivity index (χ0n) is 41.0. The fraction of sp³-hybridized carbons (Fsp3) is 0.559. The van der Waals surface area contributed by atoms with Crippen LogP contribution in [-0.4, -0.2) is 22.9 Å². The third-order valence-electron chi connectivity index (χ3n) is 18.0. The van der Waals surface area contributed by atoms with Crippen LogP contribution in [0.4, 0.5) is 0 Å². The van der Waals surface area contributed by atoms with Crippen LogP contribution in [0.1, 0.15) is 146 Å². The average molecular weight is 879 g/mol. The molecule has 0 heterocycles. The molecule has 1 unspecified atom stereocenters. The Balaban J connectivity index is 1.11. The van der Waals surface area contributed by atoms with E-state index in [1.165, 1.54) is 91.4 Å². The van der Waals surface area contributed by atoms with Gasteiger partial charge >= 0.3 is 0 Å². The first-order chi connectivity index (χ1) is 30.1. The highest BCUT2D eigenvalue weighted by molar-refractivity contribution is 7.00. The van der Waals surface area contributed by atoms with Crippen molar-refractivity contribution >= 4 is 37.4 Å². The van der Waals surface area contributed by atoms with Gasteiger partial charge in [0.25, 0.3) is 16.6 Å². The van der Waals surface area contributed by atoms with Gasteiger partial charge in [-0.05, 0) is 129 Å². The molecular formula is C59H82O2Si2. The predicted molar refractivity (Wildman–Crippen MR) is 273 cm³/mol. The van der Waals surface area contributed by atoms with E-state index in [0.717, 1.165) is 36.0 Å². The molecule has 3 fully saturated rings. The van der Waals surface area contributed by atoms with E-state index in [1.807, 2.05) is 5.57 Å². The van der Waals surface area contributed by atoms with Crippen LogP contribution in [-0.2, 0) is 8.85 Å². The zero-order chi connectivity index (χ0) is 44.7. The van der Waals surface area contributed by atoms with Crippen molar-refractivity contribution in [1.29, 1.82) is 0 Å². The van der Waals surface area contributed by atoms with Gasteiger partial charge in [0.05, 0.1) is 0 Å². The number of hydrogen-bond donors (Lipinski definition) is 0. The van der Waals surface area contributed by atoms with E-state index in [2.05, 4.69) is 197 Å². The lowest BCUT2D eigenvalue weighted by atomic mass is 9.47. The van der Waals surface area contributed by atoms with E-state index in [4.69, 9.17) is 8.85 Å². The van der Waals surface area contributed by atoms with Crippen molar-refractivity contribution < 1.29 is 8.85 Å². The second-order valence-corrected chi connectivity index (χ2v) is 32.0. The molecule has 8 rings (SSSR count). The van der Waals surface area contributed by atoms with Crippen molar-refractivity contribution in [3.63, 3.8) is 0 Å². The van der Waals surface area contributed by atoms with Crippen LogP contribution in [0.3, 0.4) is 0 Å². The Hall–Kier alpha value is -3.03. The molecule has 0 bridgehead atoms. The first-order valence-corrected chi connectivity index (χ1v) is 29.2. The van der Waals surface area contributed by atoms with Crippen molar-refractivity contribution in [2.45, 2.75) is 163 Å². The zero-order valence-corrected chi connectivity index (χ0v) is 43.0. The lowest BCUT2D eigenvalue weighted by molar-refractivity contribution is -0.0562. The third kappa shape index (κ3) is 8.40. The van der Waals surface area contributed by atoms with E-state index >= 15 is 0 Å². The molecular weight excluding hydrogens is 797 g/mol. The Bertz CT molecular complexity index is 1940. The summed E-state index contributed by atoms with van der Waals surface area (Å²) in [5.74, 6) is 4.42. The van der Waals surface area contributed by atoms with E-state index in [1.54, 1.807) is 0 Å². The molecule has 0 spiro atoms. The molecule has 4 aromatic rings. The summed E-state index contributed by atoms with van der Waals surface area (Å²) in [5.41, 5.74) is 2.79. The van der Waals surface area contributed by atoms with Gasteiger partial charge in [-0.3, -0.25) is 0 Å². The second kappa shape index (κ2) is 18.3. The van der Waals surface area contributed by atoms with Gasteiger partial charge in [-0.15, -0.1) is 0 Å². The molecule has 63 heavy (non-hydrogen) atoms. The van der Waals surface area contributed by atoms with Crippen molar-refractivity contribution in [2.24, 2.45) is 46.3 Å². The molecule has 0 aromatic heterocycles. The SMILES string of the molecule is CC(CCC[C@@H](C)[C@H]1CC[C@H]2[C@@H]3CC=C4CCCC[C@]4(C)[C@H]3CC[C@]12C)C(O[Si](c1ccccc1)(c1ccccc1)C(C)(C)C)O[Si](c1ccccc1)(c1ccccc1)C(C)(C)C. The van der Waals surface area contributed by atoms with Gasteiger partial charge < -0.3 is 8.85 Å². The van der Waals surface area contributed by atoms with E-state index in [-0.39, 0.29) is 16.0 Å². The molecule has 0 aliphatic heterocycles.